The van der Waals surface area contributed by atoms with Crippen LogP contribution in [-0.4, -0.2) is 48.1 Å². The maximum absolute atomic E-state index is 13.2. The van der Waals surface area contributed by atoms with E-state index in [-0.39, 0.29) is 30.1 Å². The summed E-state index contributed by atoms with van der Waals surface area (Å²) in [6.07, 6.45) is 1.25. The normalized spacial score (nSPS) is 14.4. The molecule has 0 spiro atoms. The molecule has 184 valence electrons. The van der Waals surface area contributed by atoms with Crippen LogP contribution in [0.25, 0.3) is 0 Å². The summed E-state index contributed by atoms with van der Waals surface area (Å²) >= 11 is 1.53. The summed E-state index contributed by atoms with van der Waals surface area (Å²) in [6, 6.07) is 15.8. The number of rotatable bonds is 8. The minimum atomic E-state index is -0.774. The fraction of sp³-hybridized carbons (Fsp3) is 0.280. The van der Waals surface area contributed by atoms with Crippen LogP contribution in [-0.2, 0) is 19.1 Å². The first-order valence-electron chi connectivity index (χ1n) is 11.2. The van der Waals surface area contributed by atoms with E-state index in [0.717, 1.165) is 0 Å². The number of urea groups is 1. The van der Waals surface area contributed by atoms with Crippen molar-refractivity contribution >= 4 is 52.0 Å². The Balaban J connectivity index is 1.81. The molecule has 0 bridgehead atoms. The Morgan fingerprint density at radius 1 is 1.00 bits per heavy atom. The zero-order chi connectivity index (χ0) is 25.2. The van der Waals surface area contributed by atoms with Crippen LogP contribution in [0.3, 0.4) is 0 Å². The van der Waals surface area contributed by atoms with Gasteiger partial charge < -0.3 is 20.1 Å². The molecule has 2 aromatic carbocycles. The number of carbonyl (C=O) groups is 3. The third-order valence-electron chi connectivity index (χ3n) is 4.71. The van der Waals surface area contributed by atoms with Gasteiger partial charge in [0.2, 0.25) is 0 Å². The predicted molar refractivity (Wildman–Crippen MR) is 139 cm³/mol. The maximum Gasteiger partial charge on any atom is 0.347 e. The summed E-state index contributed by atoms with van der Waals surface area (Å²) in [5.41, 5.74) is 1.64. The van der Waals surface area contributed by atoms with E-state index in [0.29, 0.717) is 28.8 Å². The van der Waals surface area contributed by atoms with Gasteiger partial charge in [-0.3, -0.25) is 4.99 Å². The number of amides is 2. The number of anilines is 3. The molecule has 0 aromatic heterocycles. The first kappa shape index (κ1) is 25.8. The van der Waals surface area contributed by atoms with E-state index in [4.69, 9.17) is 9.47 Å². The van der Waals surface area contributed by atoms with Gasteiger partial charge in [-0.15, -0.1) is 0 Å². The van der Waals surface area contributed by atoms with Crippen molar-refractivity contribution in [3.05, 3.63) is 66.4 Å². The van der Waals surface area contributed by atoms with E-state index >= 15 is 0 Å². The van der Waals surface area contributed by atoms with E-state index in [2.05, 4.69) is 22.5 Å². The highest BCUT2D eigenvalue weighted by molar-refractivity contribution is 8.15. The van der Waals surface area contributed by atoms with Gasteiger partial charge in [-0.25, -0.2) is 19.3 Å². The van der Waals surface area contributed by atoms with Gasteiger partial charge in [0.05, 0.1) is 25.4 Å². The van der Waals surface area contributed by atoms with E-state index in [9.17, 15) is 14.4 Å². The number of nitrogens with zero attached hydrogens (tertiary/aromatic N) is 2. The zero-order valence-electron chi connectivity index (χ0n) is 19.8. The van der Waals surface area contributed by atoms with Crippen LogP contribution < -0.4 is 15.5 Å². The highest BCUT2D eigenvalue weighted by atomic mass is 32.2. The van der Waals surface area contributed by atoms with Crippen LogP contribution in [0.5, 0.6) is 0 Å². The lowest BCUT2D eigenvalue weighted by Gasteiger charge is -2.23. The van der Waals surface area contributed by atoms with E-state index < -0.39 is 11.9 Å². The zero-order valence-corrected chi connectivity index (χ0v) is 20.6. The fourth-order valence-corrected chi connectivity index (χ4v) is 4.03. The third-order valence-corrected chi connectivity index (χ3v) is 5.78. The summed E-state index contributed by atoms with van der Waals surface area (Å²) < 4.78 is 9.87. The van der Waals surface area contributed by atoms with Crippen LogP contribution in [0.1, 0.15) is 20.8 Å². The summed E-state index contributed by atoms with van der Waals surface area (Å²) in [7, 11) is 0. The standard InChI is InChI=1S/C25H28N4O5S/c1-4-33-22(30)21(23(31)34-5-2)16-26-18-11-13-20(14-12-18)29(25-27-15-17(3)35-25)24(32)28-19-9-7-6-8-10-19/h6-14,16-17,26H,4-5,15H2,1-3H3,(H,28,32). The Labute approximate surface area is 208 Å². The van der Waals surface area contributed by atoms with Gasteiger partial charge in [-0.05, 0) is 50.2 Å². The predicted octanol–water partition coefficient (Wildman–Crippen LogP) is 4.64. The van der Waals surface area contributed by atoms with Crippen molar-refractivity contribution in [2.45, 2.75) is 26.0 Å². The Hall–Kier alpha value is -3.79. The number of esters is 2. The molecule has 1 aliphatic rings. The van der Waals surface area contributed by atoms with Gasteiger partial charge in [-0.2, -0.15) is 0 Å². The molecule has 0 aliphatic carbocycles. The Bertz CT molecular complexity index is 1080. The molecule has 2 N–H and O–H groups in total. The largest absolute Gasteiger partial charge is 0.462 e. The van der Waals surface area contributed by atoms with Crippen LogP contribution in [0, 0.1) is 0 Å². The highest BCUT2D eigenvalue weighted by Gasteiger charge is 2.27. The van der Waals surface area contributed by atoms with Crippen molar-refractivity contribution in [3.8, 4) is 0 Å². The number of benzene rings is 2. The van der Waals surface area contributed by atoms with Gasteiger partial charge in [0.25, 0.3) is 0 Å². The van der Waals surface area contributed by atoms with Gasteiger partial charge in [0.15, 0.2) is 10.7 Å². The molecule has 0 saturated heterocycles. The van der Waals surface area contributed by atoms with Gasteiger partial charge in [-0.1, -0.05) is 36.9 Å². The summed E-state index contributed by atoms with van der Waals surface area (Å²) in [5, 5.41) is 6.70. The first-order valence-corrected chi connectivity index (χ1v) is 12.1. The van der Waals surface area contributed by atoms with Gasteiger partial charge in [0, 0.05) is 22.8 Å². The highest BCUT2D eigenvalue weighted by Crippen LogP contribution is 2.29. The molecule has 1 aliphatic heterocycles. The van der Waals surface area contributed by atoms with Crippen molar-refractivity contribution in [2.24, 2.45) is 4.99 Å². The number of thioether (sulfide) groups is 1. The quantitative estimate of drug-likeness (QED) is 0.237. The molecule has 3 rings (SSSR count). The van der Waals surface area contributed by atoms with Crippen molar-refractivity contribution in [1.29, 1.82) is 0 Å². The molecule has 10 heteroatoms. The molecule has 1 unspecified atom stereocenters. The average Bonchev–Trinajstić information content (AvgIpc) is 3.27. The van der Waals surface area contributed by atoms with E-state index in [1.54, 1.807) is 38.1 Å². The van der Waals surface area contributed by atoms with Crippen LogP contribution in [0.4, 0.5) is 21.9 Å². The number of hydrogen-bond acceptors (Lipinski definition) is 8. The molecule has 2 aromatic rings. The molecular weight excluding hydrogens is 468 g/mol. The van der Waals surface area contributed by atoms with E-state index in [1.807, 2.05) is 30.3 Å². The van der Waals surface area contributed by atoms with Crippen LogP contribution in [0.2, 0.25) is 0 Å². The minimum Gasteiger partial charge on any atom is -0.462 e. The number of carbonyl (C=O) groups excluding carboxylic acids is 3. The molecule has 0 radical (unpaired) electrons. The Morgan fingerprint density at radius 3 is 2.17 bits per heavy atom. The lowest BCUT2D eigenvalue weighted by Crippen LogP contribution is -2.38. The van der Waals surface area contributed by atoms with Gasteiger partial charge >= 0.3 is 18.0 Å². The number of amidine groups is 1. The smallest absolute Gasteiger partial charge is 0.347 e. The summed E-state index contributed by atoms with van der Waals surface area (Å²) in [6.45, 7) is 6.25. The molecule has 1 heterocycles. The molecule has 0 fully saturated rings. The molecule has 35 heavy (non-hydrogen) atoms. The van der Waals surface area contributed by atoms with Crippen LogP contribution in [0.15, 0.2) is 71.4 Å². The second-order valence-corrected chi connectivity index (χ2v) is 8.78. The van der Waals surface area contributed by atoms with Crippen molar-refractivity contribution in [1.82, 2.24) is 0 Å². The minimum absolute atomic E-state index is 0.131. The van der Waals surface area contributed by atoms with Crippen molar-refractivity contribution in [3.63, 3.8) is 0 Å². The lowest BCUT2D eigenvalue weighted by molar-refractivity contribution is -0.146. The summed E-state index contributed by atoms with van der Waals surface area (Å²) in [5.74, 6) is -1.55. The van der Waals surface area contributed by atoms with E-state index in [1.165, 1.54) is 22.9 Å². The monoisotopic (exact) mass is 496 g/mol. The topological polar surface area (TPSA) is 109 Å². The lowest BCUT2D eigenvalue weighted by atomic mass is 10.2. The Morgan fingerprint density at radius 2 is 1.63 bits per heavy atom. The number of para-hydroxylation sites is 1. The first-order chi connectivity index (χ1) is 16.9. The van der Waals surface area contributed by atoms with Crippen molar-refractivity contribution < 1.29 is 23.9 Å². The third kappa shape index (κ3) is 7.10. The fourth-order valence-electron chi connectivity index (χ4n) is 3.08. The molecule has 0 saturated carbocycles. The Kier molecular flexibility index (Phi) is 9.31. The second-order valence-electron chi connectivity index (χ2n) is 7.37. The molecule has 9 nitrogen and oxygen atoms in total. The van der Waals surface area contributed by atoms with Crippen molar-refractivity contribution in [2.75, 3.05) is 35.3 Å². The molecule has 1 atom stereocenters. The average molecular weight is 497 g/mol. The van der Waals surface area contributed by atoms with Gasteiger partial charge in [0.1, 0.15) is 0 Å². The number of hydrogen-bond donors (Lipinski definition) is 2. The number of ether oxygens (including phenoxy) is 2. The number of aliphatic imine (C=N–C) groups is 1. The van der Waals surface area contributed by atoms with Crippen LogP contribution >= 0.6 is 11.8 Å². The SMILES string of the molecule is CCOC(=O)C(=CNc1ccc(N(C(=O)Nc2ccccc2)C2=NCC(C)S2)cc1)C(=O)OCC. The summed E-state index contributed by atoms with van der Waals surface area (Å²) in [4.78, 5) is 43.5. The molecular formula is C25H28N4O5S. The molecule has 2 amide bonds. The second kappa shape index (κ2) is 12.6. The maximum atomic E-state index is 13.2. The number of nitrogens with one attached hydrogen (secondary N) is 2.